The first kappa shape index (κ1) is 12.4. The number of hydrogen-bond donors (Lipinski definition) is 2. The molecule has 0 saturated carbocycles. The Labute approximate surface area is 103 Å². The summed E-state index contributed by atoms with van der Waals surface area (Å²) in [4.78, 5) is 0. The van der Waals surface area contributed by atoms with Crippen LogP contribution in [-0.2, 0) is 6.42 Å². The van der Waals surface area contributed by atoms with Gasteiger partial charge >= 0.3 is 0 Å². The highest BCUT2D eigenvalue weighted by Gasteiger charge is 2.19. The van der Waals surface area contributed by atoms with Crippen molar-refractivity contribution in [3.8, 4) is 5.75 Å². The van der Waals surface area contributed by atoms with Crippen molar-refractivity contribution in [2.45, 2.75) is 31.7 Å². The lowest BCUT2D eigenvalue weighted by Crippen LogP contribution is -2.27. The lowest BCUT2D eigenvalue weighted by atomic mass is 9.87. The van der Waals surface area contributed by atoms with Crippen LogP contribution >= 0.6 is 0 Å². The smallest absolute Gasteiger partial charge is 0.119 e. The van der Waals surface area contributed by atoms with Gasteiger partial charge in [0.15, 0.2) is 0 Å². The molecule has 3 heteroatoms. The summed E-state index contributed by atoms with van der Waals surface area (Å²) in [6.45, 7) is 1.77. The van der Waals surface area contributed by atoms with E-state index in [1.54, 1.807) is 7.11 Å². The zero-order chi connectivity index (χ0) is 12.1. The molecule has 0 radical (unpaired) electrons. The molecule has 0 amide bonds. The topological polar surface area (TPSA) is 47.3 Å². The molecule has 0 bridgehead atoms. The Bertz CT molecular complexity index is 365. The van der Waals surface area contributed by atoms with E-state index < -0.39 is 0 Å². The van der Waals surface area contributed by atoms with E-state index >= 15 is 0 Å². The van der Waals surface area contributed by atoms with Crippen molar-refractivity contribution in [1.29, 1.82) is 0 Å². The summed E-state index contributed by atoms with van der Waals surface area (Å²) < 4.78 is 5.28. The molecule has 3 N–H and O–H groups in total. The van der Waals surface area contributed by atoms with Crippen LogP contribution in [0.2, 0.25) is 0 Å². The summed E-state index contributed by atoms with van der Waals surface area (Å²) in [6.07, 6.45) is 4.69. The predicted octanol–water partition coefficient (Wildman–Crippen LogP) is 2.01. The molecule has 2 rings (SSSR count). The minimum absolute atomic E-state index is 0.496. The van der Waals surface area contributed by atoms with Gasteiger partial charge in [-0.3, -0.25) is 0 Å². The average Bonchev–Trinajstić information content (AvgIpc) is 2.38. The van der Waals surface area contributed by atoms with E-state index in [1.807, 2.05) is 0 Å². The molecular weight excluding hydrogens is 212 g/mol. The molecule has 1 aromatic rings. The van der Waals surface area contributed by atoms with E-state index in [0.717, 1.165) is 25.3 Å². The normalized spacial score (nSPS) is 18.8. The Morgan fingerprint density at radius 2 is 2.35 bits per heavy atom. The van der Waals surface area contributed by atoms with Gasteiger partial charge in [0.25, 0.3) is 0 Å². The molecule has 1 aromatic carbocycles. The van der Waals surface area contributed by atoms with Crippen LogP contribution in [-0.4, -0.2) is 20.2 Å². The number of methoxy groups -OCH3 is 1. The summed E-state index contributed by atoms with van der Waals surface area (Å²) in [6, 6.07) is 6.93. The monoisotopic (exact) mass is 234 g/mol. The summed E-state index contributed by atoms with van der Waals surface area (Å²) >= 11 is 0. The van der Waals surface area contributed by atoms with E-state index in [9.17, 15) is 0 Å². The van der Waals surface area contributed by atoms with Crippen LogP contribution in [0.5, 0.6) is 5.75 Å². The van der Waals surface area contributed by atoms with Crippen LogP contribution in [0.3, 0.4) is 0 Å². The number of ether oxygens (including phenoxy) is 1. The second kappa shape index (κ2) is 6.03. The number of hydrogen-bond acceptors (Lipinski definition) is 3. The standard InChI is InChI=1S/C14H22N2O/c1-17-12-6-7-13-11(10-12)4-2-5-14(13)16-9-3-8-15/h6-7,10,14,16H,2-5,8-9,15H2,1H3. The van der Waals surface area contributed by atoms with Gasteiger partial charge in [0.1, 0.15) is 5.75 Å². The molecular formula is C14H22N2O. The molecule has 17 heavy (non-hydrogen) atoms. The van der Waals surface area contributed by atoms with Crippen molar-refractivity contribution in [1.82, 2.24) is 5.32 Å². The van der Waals surface area contributed by atoms with Crippen molar-refractivity contribution in [2.24, 2.45) is 5.73 Å². The Kier molecular flexibility index (Phi) is 4.40. The molecule has 1 unspecified atom stereocenters. The number of nitrogens with two attached hydrogens (primary N) is 1. The molecule has 3 nitrogen and oxygen atoms in total. The summed E-state index contributed by atoms with van der Waals surface area (Å²) in [5.74, 6) is 0.964. The minimum Gasteiger partial charge on any atom is -0.497 e. The van der Waals surface area contributed by atoms with Gasteiger partial charge in [-0.25, -0.2) is 0 Å². The molecule has 0 spiro atoms. The fourth-order valence-corrected chi connectivity index (χ4v) is 2.51. The predicted molar refractivity (Wildman–Crippen MR) is 70.3 cm³/mol. The van der Waals surface area contributed by atoms with Gasteiger partial charge in [-0.1, -0.05) is 6.07 Å². The summed E-state index contributed by atoms with van der Waals surface area (Å²) in [5.41, 5.74) is 8.39. The first-order valence-electron chi connectivity index (χ1n) is 6.45. The second-order valence-electron chi connectivity index (χ2n) is 4.61. The van der Waals surface area contributed by atoms with E-state index in [2.05, 4.69) is 23.5 Å². The van der Waals surface area contributed by atoms with Gasteiger partial charge in [-0.2, -0.15) is 0 Å². The maximum Gasteiger partial charge on any atom is 0.119 e. The molecule has 0 saturated heterocycles. The Morgan fingerprint density at radius 1 is 1.47 bits per heavy atom. The average molecular weight is 234 g/mol. The molecule has 0 fully saturated rings. The zero-order valence-electron chi connectivity index (χ0n) is 10.5. The first-order chi connectivity index (χ1) is 8.35. The quantitative estimate of drug-likeness (QED) is 0.766. The summed E-state index contributed by atoms with van der Waals surface area (Å²) in [7, 11) is 1.72. The first-order valence-corrected chi connectivity index (χ1v) is 6.45. The molecule has 1 aliphatic carbocycles. The molecule has 0 aromatic heterocycles. The van der Waals surface area contributed by atoms with Crippen LogP contribution < -0.4 is 15.8 Å². The van der Waals surface area contributed by atoms with Crippen molar-refractivity contribution >= 4 is 0 Å². The molecule has 1 aliphatic rings. The lowest BCUT2D eigenvalue weighted by molar-refractivity contribution is 0.410. The SMILES string of the molecule is COc1ccc2c(c1)CCCC2NCCCN. The maximum absolute atomic E-state index is 5.52. The van der Waals surface area contributed by atoms with Crippen molar-refractivity contribution in [2.75, 3.05) is 20.2 Å². The van der Waals surface area contributed by atoms with Crippen LogP contribution in [0.25, 0.3) is 0 Å². The van der Waals surface area contributed by atoms with Gasteiger partial charge in [0.05, 0.1) is 7.11 Å². The molecule has 1 atom stereocenters. The number of nitrogens with one attached hydrogen (secondary N) is 1. The van der Waals surface area contributed by atoms with Crippen LogP contribution in [0.15, 0.2) is 18.2 Å². The van der Waals surface area contributed by atoms with Gasteiger partial charge in [0.2, 0.25) is 0 Å². The largest absolute Gasteiger partial charge is 0.497 e. The fraction of sp³-hybridized carbons (Fsp3) is 0.571. The maximum atomic E-state index is 5.52. The summed E-state index contributed by atoms with van der Waals surface area (Å²) in [5, 5.41) is 3.60. The van der Waals surface area contributed by atoms with Crippen molar-refractivity contribution in [3.05, 3.63) is 29.3 Å². The van der Waals surface area contributed by atoms with Gasteiger partial charge in [-0.15, -0.1) is 0 Å². The van der Waals surface area contributed by atoms with Crippen molar-refractivity contribution < 1.29 is 4.74 Å². The number of benzene rings is 1. The third-order valence-corrected chi connectivity index (χ3v) is 3.44. The van der Waals surface area contributed by atoms with Gasteiger partial charge in [-0.05, 0) is 62.0 Å². The highest BCUT2D eigenvalue weighted by molar-refractivity contribution is 5.39. The van der Waals surface area contributed by atoms with Crippen LogP contribution in [0.4, 0.5) is 0 Å². The molecule has 0 aliphatic heterocycles. The van der Waals surface area contributed by atoms with E-state index in [1.165, 1.54) is 30.4 Å². The van der Waals surface area contributed by atoms with Crippen molar-refractivity contribution in [3.63, 3.8) is 0 Å². The molecule has 94 valence electrons. The highest BCUT2D eigenvalue weighted by Crippen LogP contribution is 2.31. The zero-order valence-corrected chi connectivity index (χ0v) is 10.5. The Morgan fingerprint density at radius 3 is 3.12 bits per heavy atom. The third kappa shape index (κ3) is 2.99. The van der Waals surface area contributed by atoms with Crippen LogP contribution in [0.1, 0.15) is 36.4 Å². The van der Waals surface area contributed by atoms with E-state index in [4.69, 9.17) is 10.5 Å². The lowest BCUT2D eigenvalue weighted by Gasteiger charge is -2.27. The number of rotatable bonds is 5. The highest BCUT2D eigenvalue weighted by atomic mass is 16.5. The number of fused-ring (bicyclic) bond motifs is 1. The minimum atomic E-state index is 0.496. The second-order valence-corrected chi connectivity index (χ2v) is 4.61. The van der Waals surface area contributed by atoms with Gasteiger partial charge < -0.3 is 15.8 Å². The third-order valence-electron chi connectivity index (χ3n) is 3.44. The van der Waals surface area contributed by atoms with Crippen LogP contribution in [0, 0.1) is 0 Å². The van der Waals surface area contributed by atoms with Gasteiger partial charge in [0, 0.05) is 6.04 Å². The van der Waals surface area contributed by atoms with E-state index in [0.29, 0.717) is 6.04 Å². The Hall–Kier alpha value is -1.06. The molecule has 0 heterocycles. The number of aryl methyl sites for hydroxylation is 1. The fourth-order valence-electron chi connectivity index (χ4n) is 2.51. The Balaban J connectivity index is 2.08. The van der Waals surface area contributed by atoms with E-state index in [-0.39, 0.29) is 0 Å².